The lowest BCUT2D eigenvalue weighted by atomic mass is 10.2. The molecular formula is C13H20F2N2O2S. The van der Waals surface area contributed by atoms with Gasteiger partial charge in [-0.25, -0.2) is 17.2 Å². The average molecular weight is 306 g/mol. The van der Waals surface area contributed by atoms with E-state index in [1.807, 2.05) is 11.6 Å². The van der Waals surface area contributed by atoms with Gasteiger partial charge in [-0.3, -0.25) is 4.72 Å². The van der Waals surface area contributed by atoms with Crippen LogP contribution in [0, 0.1) is 18.6 Å². The summed E-state index contributed by atoms with van der Waals surface area (Å²) < 4.78 is 53.4. The van der Waals surface area contributed by atoms with Crippen LogP contribution in [-0.2, 0) is 10.0 Å². The molecule has 114 valence electrons. The molecule has 0 radical (unpaired) electrons. The van der Waals surface area contributed by atoms with Crippen molar-refractivity contribution in [1.82, 2.24) is 5.32 Å². The van der Waals surface area contributed by atoms with Gasteiger partial charge < -0.3 is 5.32 Å². The van der Waals surface area contributed by atoms with Gasteiger partial charge in [-0.05, 0) is 38.4 Å². The van der Waals surface area contributed by atoms with Crippen LogP contribution >= 0.6 is 0 Å². The van der Waals surface area contributed by atoms with E-state index in [4.69, 9.17) is 0 Å². The molecule has 0 bridgehead atoms. The van der Waals surface area contributed by atoms with E-state index < -0.39 is 32.6 Å². The summed E-state index contributed by atoms with van der Waals surface area (Å²) in [5.74, 6) is -1.81. The summed E-state index contributed by atoms with van der Waals surface area (Å²) in [6.07, 6.45) is 0.876. The third-order valence-electron chi connectivity index (χ3n) is 2.92. The molecule has 1 rings (SSSR count). The predicted octanol–water partition coefficient (Wildman–Crippen LogP) is 2.40. The topological polar surface area (TPSA) is 58.2 Å². The van der Waals surface area contributed by atoms with Crippen LogP contribution in [-0.4, -0.2) is 26.8 Å². The zero-order chi connectivity index (χ0) is 15.3. The van der Waals surface area contributed by atoms with Gasteiger partial charge in [-0.15, -0.1) is 0 Å². The smallest absolute Gasteiger partial charge is 0.236 e. The van der Waals surface area contributed by atoms with E-state index in [2.05, 4.69) is 5.32 Å². The van der Waals surface area contributed by atoms with Crippen molar-refractivity contribution in [2.45, 2.75) is 32.4 Å². The van der Waals surface area contributed by atoms with Crippen molar-refractivity contribution in [1.29, 1.82) is 0 Å². The molecular weight excluding hydrogens is 286 g/mol. The number of halogens is 2. The summed E-state index contributed by atoms with van der Waals surface area (Å²) in [4.78, 5) is 0. The number of anilines is 1. The quantitative estimate of drug-likeness (QED) is 0.761. The Balaban J connectivity index is 2.89. The van der Waals surface area contributed by atoms with Gasteiger partial charge in [-0.2, -0.15) is 0 Å². The van der Waals surface area contributed by atoms with Crippen molar-refractivity contribution in [2.24, 2.45) is 0 Å². The van der Waals surface area contributed by atoms with Crippen molar-refractivity contribution in [3.05, 3.63) is 29.3 Å². The van der Waals surface area contributed by atoms with E-state index in [9.17, 15) is 17.2 Å². The van der Waals surface area contributed by atoms with Crippen LogP contribution in [0.2, 0.25) is 0 Å². The maximum absolute atomic E-state index is 13.8. The molecule has 0 saturated carbocycles. The molecule has 0 aliphatic rings. The van der Waals surface area contributed by atoms with Gasteiger partial charge in [0.05, 0.1) is 5.25 Å². The molecule has 2 N–H and O–H groups in total. The Morgan fingerprint density at radius 3 is 2.55 bits per heavy atom. The highest BCUT2D eigenvalue weighted by Gasteiger charge is 2.24. The maximum atomic E-state index is 13.8. The first-order valence-electron chi connectivity index (χ1n) is 6.46. The first kappa shape index (κ1) is 16.8. The Labute approximate surface area is 118 Å². The SMILES string of the molecule is CCCNCC(C)S(=O)(=O)Nc1c(F)ccc(C)c1F. The summed E-state index contributed by atoms with van der Waals surface area (Å²) in [5.41, 5.74) is -0.437. The van der Waals surface area contributed by atoms with E-state index in [-0.39, 0.29) is 12.1 Å². The van der Waals surface area contributed by atoms with Crippen LogP contribution in [0.1, 0.15) is 25.8 Å². The molecule has 0 saturated heterocycles. The second-order valence-corrected chi connectivity index (χ2v) is 6.81. The molecule has 20 heavy (non-hydrogen) atoms. The Morgan fingerprint density at radius 1 is 1.30 bits per heavy atom. The number of benzene rings is 1. The van der Waals surface area contributed by atoms with Gasteiger partial charge in [0.2, 0.25) is 10.0 Å². The minimum absolute atomic E-state index is 0.181. The lowest BCUT2D eigenvalue weighted by Crippen LogP contribution is -2.35. The molecule has 7 heteroatoms. The zero-order valence-electron chi connectivity index (χ0n) is 11.8. The third kappa shape index (κ3) is 4.14. The van der Waals surface area contributed by atoms with Gasteiger partial charge >= 0.3 is 0 Å². The van der Waals surface area contributed by atoms with Crippen molar-refractivity contribution in [2.75, 3.05) is 17.8 Å². The normalized spacial score (nSPS) is 13.2. The van der Waals surface area contributed by atoms with E-state index in [1.54, 1.807) is 0 Å². The fourth-order valence-corrected chi connectivity index (χ4v) is 2.59. The molecule has 0 spiro atoms. The minimum atomic E-state index is -3.85. The van der Waals surface area contributed by atoms with E-state index in [0.29, 0.717) is 6.54 Å². The Kier molecular flexibility index (Phi) is 5.88. The lowest BCUT2D eigenvalue weighted by molar-refractivity contribution is 0.567. The van der Waals surface area contributed by atoms with Crippen molar-refractivity contribution < 1.29 is 17.2 Å². The molecule has 0 aliphatic carbocycles. The highest BCUT2D eigenvalue weighted by Crippen LogP contribution is 2.23. The standard InChI is InChI=1S/C13H20F2N2O2S/c1-4-7-16-8-10(3)20(18,19)17-13-11(14)6-5-9(2)12(13)15/h5-6,10,16-17H,4,7-8H2,1-3H3. The van der Waals surface area contributed by atoms with Gasteiger partial charge in [-0.1, -0.05) is 13.0 Å². The van der Waals surface area contributed by atoms with Gasteiger partial charge in [0.15, 0.2) is 5.82 Å². The Hall–Kier alpha value is -1.21. The summed E-state index contributed by atoms with van der Waals surface area (Å²) >= 11 is 0. The fraction of sp³-hybridized carbons (Fsp3) is 0.538. The Morgan fingerprint density at radius 2 is 1.95 bits per heavy atom. The monoisotopic (exact) mass is 306 g/mol. The van der Waals surface area contributed by atoms with Crippen LogP contribution in [0.5, 0.6) is 0 Å². The highest BCUT2D eigenvalue weighted by molar-refractivity contribution is 7.93. The number of aryl methyl sites for hydroxylation is 1. The summed E-state index contributed by atoms with van der Waals surface area (Å²) in [7, 11) is -3.85. The largest absolute Gasteiger partial charge is 0.315 e. The van der Waals surface area contributed by atoms with Gasteiger partial charge in [0.1, 0.15) is 11.5 Å². The van der Waals surface area contributed by atoms with Crippen LogP contribution in [0.4, 0.5) is 14.5 Å². The van der Waals surface area contributed by atoms with E-state index >= 15 is 0 Å². The van der Waals surface area contributed by atoms with E-state index in [1.165, 1.54) is 19.9 Å². The number of sulfonamides is 1. The molecule has 0 heterocycles. The van der Waals surface area contributed by atoms with Crippen molar-refractivity contribution >= 4 is 15.7 Å². The molecule has 1 atom stereocenters. The molecule has 1 aromatic carbocycles. The highest BCUT2D eigenvalue weighted by atomic mass is 32.2. The fourth-order valence-electron chi connectivity index (χ4n) is 1.58. The summed E-state index contributed by atoms with van der Waals surface area (Å²) in [6.45, 7) is 5.79. The molecule has 1 unspecified atom stereocenters. The molecule has 0 fully saturated rings. The predicted molar refractivity (Wildman–Crippen MR) is 76.3 cm³/mol. The van der Waals surface area contributed by atoms with Crippen LogP contribution in [0.15, 0.2) is 12.1 Å². The number of rotatable bonds is 7. The average Bonchev–Trinajstić information content (AvgIpc) is 2.39. The molecule has 0 aromatic heterocycles. The number of hydrogen-bond donors (Lipinski definition) is 2. The second-order valence-electron chi connectivity index (χ2n) is 4.72. The lowest BCUT2D eigenvalue weighted by Gasteiger charge is -2.16. The molecule has 0 aliphatic heterocycles. The van der Waals surface area contributed by atoms with Crippen molar-refractivity contribution in [3.63, 3.8) is 0 Å². The van der Waals surface area contributed by atoms with Crippen molar-refractivity contribution in [3.8, 4) is 0 Å². The number of nitrogens with one attached hydrogen (secondary N) is 2. The minimum Gasteiger partial charge on any atom is -0.315 e. The van der Waals surface area contributed by atoms with Gasteiger partial charge in [0.25, 0.3) is 0 Å². The summed E-state index contributed by atoms with van der Waals surface area (Å²) in [6, 6.07) is 2.30. The van der Waals surface area contributed by atoms with Crippen LogP contribution in [0.3, 0.4) is 0 Å². The van der Waals surface area contributed by atoms with Gasteiger partial charge in [0, 0.05) is 6.54 Å². The molecule has 1 aromatic rings. The second kappa shape index (κ2) is 6.99. The van der Waals surface area contributed by atoms with Crippen LogP contribution < -0.4 is 10.0 Å². The first-order chi connectivity index (χ1) is 9.29. The molecule has 0 amide bonds. The van der Waals surface area contributed by atoms with E-state index in [0.717, 1.165) is 12.5 Å². The summed E-state index contributed by atoms with van der Waals surface area (Å²) in [5, 5.41) is 2.16. The maximum Gasteiger partial charge on any atom is 0.236 e. The number of hydrogen-bond acceptors (Lipinski definition) is 3. The Bertz CT molecular complexity index is 562. The third-order valence-corrected chi connectivity index (χ3v) is 4.63. The first-order valence-corrected chi connectivity index (χ1v) is 8.01. The van der Waals surface area contributed by atoms with Crippen LogP contribution in [0.25, 0.3) is 0 Å². The molecule has 4 nitrogen and oxygen atoms in total. The zero-order valence-corrected chi connectivity index (χ0v) is 12.7.